The van der Waals surface area contributed by atoms with E-state index in [9.17, 15) is 9.90 Å². The summed E-state index contributed by atoms with van der Waals surface area (Å²) in [5, 5.41) is 13.2. The van der Waals surface area contributed by atoms with Crippen LogP contribution in [0.2, 0.25) is 0 Å². The van der Waals surface area contributed by atoms with Crippen LogP contribution in [0.15, 0.2) is 58.0 Å². The van der Waals surface area contributed by atoms with Gasteiger partial charge in [0.2, 0.25) is 0 Å². The Morgan fingerprint density at radius 3 is 2.83 bits per heavy atom. The Labute approximate surface area is 147 Å². The van der Waals surface area contributed by atoms with E-state index in [1.54, 1.807) is 35.6 Å². The Morgan fingerprint density at radius 2 is 2.04 bits per heavy atom. The SMILES string of the molecule is C[C@@H](Sc1nc2ccccc2s1)C(=O)N/N=C\c1ccccc1O. The number of hydrogen-bond donors (Lipinski definition) is 2. The van der Waals surface area contributed by atoms with E-state index in [-0.39, 0.29) is 16.9 Å². The first-order chi connectivity index (χ1) is 11.6. The third-order valence-electron chi connectivity index (χ3n) is 3.24. The molecule has 0 saturated heterocycles. The summed E-state index contributed by atoms with van der Waals surface area (Å²) in [4.78, 5) is 16.6. The summed E-state index contributed by atoms with van der Waals surface area (Å²) in [6.07, 6.45) is 1.42. The Kier molecular flexibility index (Phi) is 5.12. The van der Waals surface area contributed by atoms with Crippen LogP contribution in [0.25, 0.3) is 10.2 Å². The van der Waals surface area contributed by atoms with Gasteiger partial charge < -0.3 is 5.11 Å². The lowest BCUT2D eigenvalue weighted by Gasteiger charge is -2.06. The zero-order valence-electron chi connectivity index (χ0n) is 12.8. The predicted molar refractivity (Wildman–Crippen MR) is 98.8 cm³/mol. The van der Waals surface area contributed by atoms with Gasteiger partial charge in [-0.25, -0.2) is 10.4 Å². The van der Waals surface area contributed by atoms with Gasteiger partial charge in [0.25, 0.3) is 5.91 Å². The highest BCUT2D eigenvalue weighted by atomic mass is 32.2. The molecule has 3 rings (SSSR count). The summed E-state index contributed by atoms with van der Waals surface area (Å²) >= 11 is 2.96. The highest BCUT2D eigenvalue weighted by Gasteiger charge is 2.16. The van der Waals surface area contributed by atoms with Crippen molar-refractivity contribution in [3.05, 3.63) is 54.1 Å². The van der Waals surface area contributed by atoms with Gasteiger partial charge in [-0.3, -0.25) is 4.79 Å². The molecule has 1 amide bonds. The lowest BCUT2D eigenvalue weighted by Crippen LogP contribution is -2.26. The molecule has 1 aromatic heterocycles. The molecular weight excluding hydrogens is 342 g/mol. The molecule has 0 aliphatic carbocycles. The van der Waals surface area contributed by atoms with Crippen molar-refractivity contribution >= 4 is 45.4 Å². The van der Waals surface area contributed by atoms with E-state index in [0.29, 0.717) is 5.56 Å². The van der Waals surface area contributed by atoms with Crippen LogP contribution in [0, 0.1) is 0 Å². The molecule has 0 aliphatic rings. The number of nitrogens with zero attached hydrogens (tertiary/aromatic N) is 2. The molecule has 5 nitrogen and oxygen atoms in total. The van der Waals surface area contributed by atoms with Crippen LogP contribution in [0.4, 0.5) is 0 Å². The van der Waals surface area contributed by atoms with Gasteiger partial charge in [0, 0.05) is 5.56 Å². The summed E-state index contributed by atoms with van der Waals surface area (Å²) < 4.78 is 1.95. The van der Waals surface area contributed by atoms with E-state index >= 15 is 0 Å². The Morgan fingerprint density at radius 1 is 1.29 bits per heavy atom. The molecule has 0 aliphatic heterocycles. The van der Waals surface area contributed by atoms with Crippen molar-refractivity contribution in [2.75, 3.05) is 0 Å². The fraction of sp³-hybridized carbons (Fsp3) is 0.118. The first-order valence-electron chi connectivity index (χ1n) is 7.26. The fourth-order valence-corrected chi connectivity index (χ4v) is 4.16. The predicted octanol–water partition coefficient (Wildman–Crippen LogP) is 3.63. The summed E-state index contributed by atoms with van der Waals surface area (Å²) in [6.45, 7) is 1.81. The molecule has 2 aromatic carbocycles. The van der Waals surface area contributed by atoms with Crippen LogP contribution in [0.1, 0.15) is 12.5 Å². The number of hydrazone groups is 1. The third-order valence-corrected chi connectivity index (χ3v) is 5.47. The van der Waals surface area contributed by atoms with Crippen molar-refractivity contribution < 1.29 is 9.90 Å². The number of aromatic nitrogens is 1. The van der Waals surface area contributed by atoms with Crippen LogP contribution < -0.4 is 5.43 Å². The number of amides is 1. The standard InChI is InChI=1S/C17H15N3O2S2/c1-11(23-17-19-13-7-3-5-9-15(13)24-17)16(22)20-18-10-12-6-2-4-8-14(12)21/h2-11,21H,1H3,(H,20,22)/b18-10-/t11-/m1/s1. The number of nitrogens with one attached hydrogen (secondary N) is 1. The first-order valence-corrected chi connectivity index (χ1v) is 8.96. The highest BCUT2D eigenvalue weighted by Crippen LogP contribution is 2.31. The number of hydrogen-bond acceptors (Lipinski definition) is 6. The maximum Gasteiger partial charge on any atom is 0.253 e. The number of phenolic OH excluding ortho intramolecular Hbond substituents is 1. The minimum absolute atomic E-state index is 0.118. The molecule has 0 unspecified atom stereocenters. The zero-order chi connectivity index (χ0) is 16.9. The molecule has 2 N–H and O–H groups in total. The van der Waals surface area contributed by atoms with Crippen molar-refractivity contribution in [3.8, 4) is 5.75 Å². The van der Waals surface area contributed by atoms with Crippen LogP contribution in [0.3, 0.4) is 0 Å². The number of fused-ring (bicyclic) bond motifs is 1. The summed E-state index contributed by atoms with van der Waals surface area (Å²) in [5.41, 5.74) is 3.97. The van der Waals surface area contributed by atoms with Gasteiger partial charge in [-0.05, 0) is 31.2 Å². The topological polar surface area (TPSA) is 74.6 Å². The molecule has 24 heavy (non-hydrogen) atoms. The van der Waals surface area contributed by atoms with Gasteiger partial charge in [0.15, 0.2) is 4.34 Å². The van der Waals surface area contributed by atoms with Crippen molar-refractivity contribution in [2.45, 2.75) is 16.5 Å². The molecule has 1 atom stereocenters. The van der Waals surface area contributed by atoms with Gasteiger partial charge in [-0.1, -0.05) is 36.0 Å². The van der Waals surface area contributed by atoms with E-state index in [0.717, 1.165) is 14.6 Å². The van der Waals surface area contributed by atoms with Crippen molar-refractivity contribution in [2.24, 2.45) is 5.10 Å². The van der Waals surface area contributed by atoms with Crippen molar-refractivity contribution in [3.63, 3.8) is 0 Å². The number of thiazole rings is 1. The van der Waals surface area contributed by atoms with Gasteiger partial charge in [-0.2, -0.15) is 5.10 Å². The van der Waals surface area contributed by atoms with E-state index < -0.39 is 0 Å². The quantitative estimate of drug-likeness (QED) is 0.415. The van der Waals surface area contributed by atoms with Crippen LogP contribution in [0.5, 0.6) is 5.75 Å². The van der Waals surface area contributed by atoms with Crippen LogP contribution in [-0.4, -0.2) is 27.5 Å². The van der Waals surface area contributed by atoms with Crippen LogP contribution in [-0.2, 0) is 4.79 Å². The van der Waals surface area contributed by atoms with E-state index in [1.807, 2.05) is 31.2 Å². The van der Waals surface area contributed by atoms with Crippen molar-refractivity contribution in [1.82, 2.24) is 10.4 Å². The maximum absolute atomic E-state index is 12.1. The maximum atomic E-state index is 12.1. The summed E-state index contributed by atoms with van der Waals surface area (Å²) in [6, 6.07) is 14.7. The smallest absolute Gasteiger partial charge is 0.253 e. The van der Waals surface area contributed by atoms with Gasteiger partial charge >= 0.3 is 0 Å². The molecule has 122 valence electrons. The van der Waals surface area contributed by atoms with Gasteiger partial charge in [0.1, 0.15) is 5.75 Å². The second-order valence-electron chi connectivity index (χ2n) is 5.00. The second-order valence-corrected chi connectivity index (χ2v) is 7.62. The normalized spacial score (nSPS) is 12.5. The first kappa shape index (κ1) is 16.5. The molecule has 0 spiro atoms. The molecule has 0 bridgehead atoms. The number of carbonyl (C=O) groups excluding carboxylic acids is 1. The molecular formula is C17H15N3O2S2. The second kappa shape index (κ2) is 7.46. The third kappa shape index (κ3) is 3.93. The average Bonchev–Trinajstić information content (AvgIpc) is 2.98. The lowest BCUT2D eigenvalue weighted by molar-refractivity contribution is -0.120. The van der Waals surface area contributed by atoms with E-state index in [1.165, 1.54) is 18.0 Å². The summed E-state index contributed by atoms with van der Waals surface area (Å²) in [5.74, 6) is -0.0988. The Balaban J connectivity index is 1.59. The summed E-state index contributed by atoms with van der Waals surface area (Å²) in [7, 11) is 0. The molecule has 1 heterocycles. The Hall–Kier alpha value is -2.38. The molecule has 3 aromatic rings. The van der Waals surface area contributed by atoms with Crippen LogP contribution >= 0.6 is 23.1 Å². The molecule has 0 saturated carbocycles. The lowest BCUT2D eigenvalue weighted by atomic mass is 10.2. The van der Waals surface area contributed by atoms with Crippen molar-refractivity contribution in [1.29, 1.82) is 0 Å². The highest BCUT2D eigenvalue weighted by molar-refractivity contribution is 8.02. The zero-order valence-corrected chi connectivity index (χ0v) is 14.5. The number of carbonyl (C=O) groups is 1. The minimum atomic E-state index is -0.327. The average molecular weight is 357 g/mol. The number of benzene rings is 2. The number of aromatic hydroxyl groups is 1. The number of phenols is 1. The van der Waals surface area contributed by atoms with E-state index in [4.69, 9.17) is 0 Å². The molecule has 0 radical (unpaired) electrons. The number of para-hydroxylation sites is 2. The number of rotatable bonds is 5. The minimum Gasteiger partial charge on any atom is -0.507 e. The monoisotopic (exact) mass is 357 g/mol. The largest absolute Gasteiger partial charge is 0.507 e. The number of thioether (sulfide) groups is 1. The molecule has 7 heteroatoms. The van der Waals surface area contributed by atoms with E-state index in [2.05, 4.69) is 15.5 Å². The van der Waals surface area contributed by atoms with Gasteiger partial charge in [0.05, 0.1) is 21.7 Å². The van der Waals surface area contributed by atoms with Gasteiger partial charge in [-0.15, -0.1) is 11.3 Å². The molecule has 0 fully saturated rings. The fourth-order valence-electron chi connectivity index (χ4n) is 1.96. The Bertz CT molecular complexity index is 859.